The quantitative estimate of drug-likeness (QED) is 0.602. The minimum absolute atomic E-state index is 0.603. The van der Waals surface area contributed by atoms with Crippen LogP contribution in [0, 0.1) is 0 Å². The summed E-state index contributed by atoms with van der Waals surface area (Å²) in [6.45, 7) is 3.72. The van der Waals surface area contributed by atoms with Gasteiger partial charge in [-0.2, -0.15) is 8.42 Å². The standard InChI is InChI=1S/C6H13Cl2NO5S2/c1-5(16(12,13)14)15(10,11)4-6(2,3)9(7)8/h5H,4H2,1-3H3,(H,12,13,14). The second kappa shape index (κ2) is 4.95. The maximum atomic E-state index is 11.6. The van der Waals surface area contributed by atoms with Gasteiger partial charge in [-0.1, -0.05) is 0 Å². The van der Waals surface area contributed by atoms with Crippen LogP contribution in [0.3, 0.4) is 0 Å². The zero-order valence-corrected chi connectivity index (χ0v) is 12.0. The van der Waals surface area contributed by atoms with Crippen molar-refractivity contribution >= 4 is 43.5 Å². The molecule has 0 heterocycles. The average Bonchev–Trinajstić information content (AvgIpc) is 1.98. The highest BCUT2D eigenvalue weighted by Gasteiger charge is 2.39. The molecule has 0 bridgehead atoms. The molecule has 0 spiro atoms. The highest BCUT2D eigenvalue weighted by atomic mass is 35.5. The Balaban J connectivity index is 5.15. The van der Waals surface area contributed by atoms with Crippen LogP contribution in [0.5, 0.6) is 0 Å². The maximum absolute atomic E-state index is 11.6. The van der Waals surface area contributed by atoms with Crippen molar-refractivity contribution in [3.63, 3.8) is 0 Å². The lowest BCUT2D eigenvalue weighted by Crippen LogP contribution is -2.43. The molecule has 0 radical (unpaired) electrons. The number of sulfone groups is 1. The van der Waals surface area contributed by atoms with E-state index < -0.39 is 35.8 Å². The van der Waals surface area contributed by atoms with Crippen molar-refractivity contribution in [1.29, 1.82) is 0 Å². The Hall–Kier alpha value is 0.400. The molecule has 0 aromatic heterocycles. The number of hydrogen-bond donors (Lipinski definition) is 1. The lowest BCUT2D eigenvalue weighted by molar-refractivity contribution is 0.389. The molecule has 0 aliphatic rings. The molecule has 0 rings (SSSR count). The van der Waals surface area contributed by atoms with Crippen molar-refractivity contribution in [3.05, 3.63) is 0 Å². The van der Waals surface area contributed by atoms with Crippen LogP contribution in [0.25, 0.3) is 0 Å². The Bertz CT molecular complexity index is 442. The van der Waals surface area contributed by atoms with Crippen LogP contribution in [-0.2, 0) is 20.0 Å². The fraction of sp³-hybridized carbons (Fsp3) is 1.00. The van der Waals surface area contributed by atoms with Gasteiger partial charge in [0.25, 0.3) is 10.1 Å². The predicted octanol–water partition coefficient (Wildman–Crippen LogP) is 1.02. The molecule has 0 aliphatic heterocycles. The van der Waals surface area contributed by atoms with Crippen LogP contribution in [-0.4, -0.2) is 41.2 Å². The summed E-state index contributed by atoms with van der Waals surface area (Å²) >= 11 is 10.8. The monoisotopic (exact) mass is 313 g/mol. The van der Waals surface area contributed by atoms with Crippen LogP contribution >= 0.6 is 23.6 Å². The van der Waals surface area contributed by atoms with Gasteiger partial charge in [0, 0.05) is 0 Å². The molecular formula is C6H13Cl2NO5S2. The third kappa shape index (κ3) is 4.34. The fourth-order valence-corrected chi connectivity index (χ4v) is 4.14. The molecule has 0 aliphatic carbocycles. The first-order valence-electron chi connectivity index (χ1n) is 4.10. The first-order valence-corrected chi connectivity index (χ1v) is 8.00. The minimum atomic E-state index is -4.65. The molecule has 16 heavy (non-hydrogen) atoms. The van der Waals surface area contributed by atoms with E-state index in [1.54, 1.807) is 0 Å². The van der Waals surface area contributed by atoms with Crippen LogP contribution in [0.15, 0.2) is 0 Å². The molecule has 0 amide bonds. The normalized spacial score (nSPS) is 16.4. The van der Waals surface area contributed by atoms with Gasteiger partial charge < -0.3 is 0 Å². The summed E-state index contributed by atoms with van der Waals surface area (Å²) in [5, 5.41) is 0. The summed E-state index contributed by atoms with van der Waals surface area (Å²) in [7, 11) is -8.72. The molecule has 0 fully saturated rings. The Kier molecular flexibility index (Phi) is 5.07. The summed E-state index contributed by atoms with van der Waals surface area (Å²) in [4.78, 5) is 0. The van der Waals surface area contributed by atoms with Gasteiger partial charge in [-0.25, -0.2) is 8.42 Å². The third-order valence-electron chi connectivity index (χ3n) is 1.94. The summed E-state index contributed by atoms with van der Waals surface area (Å²) in [5.74, 6) is -0.603. The molecule has 1 N–H and O–H groups in total. The highest BCUT2D eigenvalue weighted by Crippen LogP contribution is 2.24. The second-order valence-corrected chi connectivity index (χ2v) is 9.14. The van der Waals surface area contributed by atoms with E-state index >= 15 is 0 Å². The van der Waals surface area contributed by atoms with Gasteiger partial charge >= 0.3 is 0 Å². The van der Waals surface area contributed by atoms with E-state index in [0.717, 1.165) is 6.92 Å². The Morgan fingerprint density at radius 1 is 1.25 bits per heavy atom. The first-order chi connectivity index (χ1) is 6.81. The van der Waals surface area contributed by atoms with Gasteiger partial charge in [0.2, 0.25) is 0 Å². The predicted molar refractivity (Wildman–Crippen MR) is 62.4 cm³/mol. The molecule has 10 heteroatoms. The number of hydrogen-bond acceptors (Lipinski definition) is 5. The second-order valence-electron chi connectivity index (χ2n) is 3.94. The van der Waals surface area contributed by atoms with Crippen molar-refractivity contribution in [1.82, 2.24) is 3.94 Å². The molecule has 98 valence electrons. The summed E-state index contributed by atoms with van der Waals surface area (Å²) < 4.78 is 52.1. The van der Waals surface area contributed by atoms with Crippen LogP contribution in [0.1, 0.15) is 20.8 Å². The SMILES string of the molecule is CC(S(=O)(=O)O)S(=O)(=O)CC(C)(C)N(Cl)Cl. The van der Waals surface area contributed by atoms with Crippen molar-refractivity contribution in [2.45, 2.75) is 30.9 Å². The maximum Gasteiger partial charge on any atom is 0.282 e. The van der Waals surface area contributed by atoms with Gasteiger partial charge in [-0.3, -0.25) is 4.55 Å². The molecule has 0 aromatic carbocycles. The van der Waals surface area contributed by atoms with Crippen LogP contribution < -0.4 is 0 Å². The highest BCUT2D eigenvalue weighted by molar-refractivity contribution is 8.06. The molecule has 0 saturated heterocycles. The summed E-state index contributed by atoms with van der Waals surface area (Å²) in [5.41, 5.74) is -1.17. The molecule has 1 atom stereocenters. The summed E-state index contributed by atoms with van der Waals surface area (Å²) in [6.07, 6.45) is 0. The molecule has 0 aromatic rings. The van der Waals surface area contributed by atoms with E-state index in [9.17, 15) is 16.8 Å². The number of halogens is 2. The van der Waals surface area contributed by atoms with Crippen molar-refractivity contribution < 1.29 is 21.4 Å². The summed E-state index contributed by atoms with van der Waals surface area (Å²) in [6, 6.07) is 0. The number of nitrogens with zero attached hydrogens (tertiary/aromatic N) is 1. The van der Waals surface area contributed by atoms with Crippen LogP contribution in [0.2, 0.25) is 0 Å². The topological polar surface area (TPSA) is 91.7 Å². The Morgan fingerprint density at radius 2 is 1.62 bits per heavy atom. The van der Waals surface area contributed by atoms with Gasteiger partial charge in [-0.05, 0) is 44.3 Å². The zero-order chi connectivity index (χ0) is 13.4. The van der Waals surface area contributed by atoms with Crippen LogP contribution in [0.4, 0.5) is 0 Å². The molecule has 1 unspecified atom stereocenters. The lowest BCUT2D eigenvalue weighted by atomic mass is 10.1. The van der Waals surface area contributed by atoms with Gasteiger partial charge in [0.1, 0.15) is 0 Å². The van der Waals surface area contributed by atoms with E-state index in [-0.39, 0.29) is 0 Å². The number of rotatable bonds is 5. The van der Waals surface area contributed by atoms with Gasteiger partial charge in [-0.15, -0.1) is 3.94 Å². The van der Waals surface area contributed by atoms with E-state index in [1.807, 2.05) is 0 Å². The lowest BCUT2D eigenvalue weighted by Gasteiger charge is -2.27. The smallest absolute Gasteiger partial charge is 0.282 e. The largest absolute Gasteiger partial charge is 0.285 e. The third-order valence-corrected chi connectivity index (χ3v) is 7.42. The molecule has 0 saturated carbocycles. The van der Waals surface area contributed by atoms with E-state index in [2.05, 4.69) is 0 Å². The molecule has 6 nitrogen and oxygen atoms in total. The molecular weight excluding hydrogens is 301 g/mol. The Labute approximate surface area is 105 Å². The first kappa shape index (κ1) is 16.4. The fourth-order valence-electron chi connectivity index (χ4n) is 0.844. The van der Waals surface area contributed by atoms with E-state index in [4.69, 9.17) is 28.1 Å². The van der Waals surface area contributed by atoms with Crippen molar-refractivity contribution in [2.24, 2.45) is 0 Å². The van der Waals surface area contributed by atoms with Crippen molar-refractivity contribution in [3.8, 4) is 0 Å². The van der Waals surface area contributed by atoms with Gasteiger partial charge in [0.15, 0.2) is 14.4 Å². The zero-order valence-electron chi connectivity index (χ0n) is 8.88. The average molecular weight is 314 g/mol. The van der Waals surface area contributed by atoms with E-state index in [1.165, 1.54) is 13.8 Å². The van der Waals surface area contributed by atoms with E-state index in [0.29, 0.717) is 3.94 Å². The Morgan fingerprint density at radius 3 is 1.88 bits per heavy atom. The van der Waals surface area contributed by atoms with Gasteiger partial charge in [0.05, 0.1) is 11.3 Å². The van der Waals surface area contributed by atoms with Crippen molar-refractivity contribution in [2.75, 3.05) is 5.75 Å². The minimum Gasteiger partial charge on any atom is -0.285 e.